The van der Waals surface area contributed by atoms with Gasteiger partial charge in [-0.25, -0.2) is 0 Å². The van der Waals surface area contributed by atoms with Gasteiger partial charge in [-0.05, 0) is 54.7 Å². The zero-order valence-corrected chi connectivity index (χ0v) is 30.4. The van der Waals surface area contributed by atoms with Gasteiger partial charge >= 0.3 is 0 Å². The lowest BCUT2D eigenvalue weighted by Crippen LogP contribution is -2.33. The van der Waals surface area contributed by atoms with Gasteiger partial charge in [-0.2, -0.15) is 14.6 Å². The Morgan fingerprint density at radius 3 is 2.13 bits per heavy atom. The SMILES string of the molecule is CSc1ccc(Oc2cc(N(COCC[Si](C)(C)C)COCC[Si](C)(C)C)n3ncc(-c4cnc5ccccc5c4)c3n2)cc1. The number of fused-ring (bicyclic) bond motifs is 2. The van der Waals surface area contributed by atoms with E-state index in [0.29, 0.717) is 44.0 Å². The smallest absolute Gasteiger partial charge is 0.224 e. The molecule has 11 heteroatoms. The average molecular weight is 660 g/mol. The summed E-state index contributed by atoms with van der Waals surface area (Å²) in [5, 5.41) is 5.89. The standard InChI is InChI=1S/C34H45N5O3SSi2/c1-43-29-14-12-28(13-15-29)42-32-21-33(38(24-40-16-18-44(2,3)4)25-41-17-19-45(5,6)7)39-34(37-32)30(23-36-39)27-20-26-10-8-9-11-31(26)35-22-27/h8-15,20-23H,16-19,24-25H2,1-7H3. The van der Waals surface area contributed by atoms with Gasteiger partial charge in [-0.3, -0.25) is 4.98 Å². The summed E-state index contributed by atoms with van der Waals surface area (Å²) >= 11 is 1.70. The van der Waals surface area contributed by atoms with Gasteiger partial charge < -0.3 is 19.1 Å². The van der Waals surface area contributed by atoms with E-state index in [1.807, 2.05) is 53.3 Å². The average Bonchev–Trinajstić information content (AvgIpc) is 3.43. The molecule has 0 atom stereocenters. The van der Waals surface area contributed by atoms with E-state index in [9.17, 15) is 0 Å². The zero-order chi connectivity index (χ0) is 32.0. The maximum absolute atomic E-state index is 6.37. The van der Waals surface area contributed by atoms with Crippen molar-refractivity contribution >= 4 is 50.3 Å². The lowest BCUT2D eigenvalue weighted by molar-refractivity contribution is 0.0942. The molecule has 0 aliphatic rings. The minimum Gasteiger partial charge on any atom is -0.439 e. The Morgan fingerprint density at radius 1 is 0.822 bits per heavy atom. The second-order valence-corrected chi connectivity index (χ2v) is 25.8. The van der Waals surface area contributed by atoms with Gasteiger partial charge in [0.25, 0.3) is 0 Å². The summed E-state index contributed by atoms with van der Waals surface area (Å²) in [6, 6.07) is 22.4. The molecular formula is C34H45N5O3SSi2. The van der Waals surface area contributed by atoms with Crippen LogP contribution in [0.3, 0.4) is 0 Å². The van der Waals surface area contributed by atoms with Crippen molar-refractivity contribution in [1.29, 1.82) is 0 Å². The number of hydrogen-bond donors (Lipinski definition) is 0. The number of benzene rings is 2. The third kappa shape index (κ3) is 9.17. The van der Waals surface area contributed by atoms with Crippen LogP contribution in [0.1, 0.15) is 0 Å². The molecule has 0 spiro atoms. The first-order valence-corrected chi connectivity index (χ1v) is 24.1. The molecular weight excluding hydrogens is 615 g/mol. The summed E-state index contributed by atoms with van der Waals surface area (Å²) in [7, 11) is -2.49. The van der Waals surface area contributed by atoms with Crippen molar-refractivity contribution in [3.05, 3.63) is 73.1 Å². The van der Waals surface area contributed by atoms with E-state index < -0.39 is 16.1 Å². The van der Waals surface area contributed by atoms with Crippen molar-refractivity contribution < 1.29 is 14.2 Å². The number of ether oxygens (including phenoxy) is 3. The highest BCUT2D eigenvalue weighted by atomic mass is 32.2. The molecule has 3 heterocycles. The lowest BCUT2D eigenvalue weighted by Gasteiger charge is -2.26. The van der Waals surface area contributed by atoms with Crippen LogP contribution in [0.25, 0.3) is 27.7 Å². The Hall–Kier alpha value is -3.23. The van der Waals surface area contributed by atoms with Crippen LogP contribution in [0, 0.1) is 0 Å². The van der Waals surface area contributed by atoms with Gasteiger partial charge in [0.1, 0.15) is 25.0 Å². The van der Waals surface area contributed by atoms with Gasteiger partial charge in [0.15, 0.2) is 5.65 Å². The van der Waals surface area contributed by atoms with Gasteiger partial charge in [0, 0.05) is 63.0 Å². The largest absolute Gasteiger partial charge is 0.439 e. The quantitative estimate of drug-likeness (QED) is 0.0478. The van der Waals surface area contributed by atoms with Crippen LogP contribution in [-0.2, 0) is 9.47 Å². The minimum atomic E-state index is -1.24. The van der Waals surface area contributed by atoms with Gasteiger partial charge in [-0.1, -0.05) is 57.5 Å². The Kier molecular flexibility index (Phi) is 10.7. The number of pyridine rings is 1. The van der Waals surface area contributed by atoms with E-state index in [0.717, 1.165) is 39.9 Å². The Morgan fingerprint density at radius 2 is 1.49 bits per heavy atom. The first-order valence-electron chi connectivity index (χ1n) is 15.5. The van der Waals surface area contributed by atoms with E-state index in [1.54, 1.807) is 11.8 Å². The van der Waals surface area contributed by atoms with E-state index in [2.05, 4.69) is 74.7 Å². The van der Waals surface area contributed by atoms with Crippen LogP contribution in [0.15, 0.2) is 78.0 Å². The third-order valence-corrected chi connectivity index (χ3v) is 11.6. The van der Waals surface area contributed by atoms with Crippen LogP contribution >= 0.6 is 11.8 Å². The summed E-state index contributed by atoms with van der Waals surface area (Å²) in [4.78, 5) is 12.9. The van der Waals surface area contributed by atoms with Crippen molar-refractivity contribution in [3.63, 3.8) is 0 Å². The maximum atomic E-state index is 6.37. The van der Waals surface area contributed by atoms with Crippen molar-refractivity contribution in [3.8, 4) is 22.8 Å². The first-order chi connectivity index (χ1) is 21.5. The predicted molar refractivity (Wildman–Crippen MR) is 192 cm³/mol. The van der Waals surface area contributed by atoms with Gasteiger partial charge in [-0.15, -0.1) is 11.8 Å². The predicted octanol–water partition coefficient (Wildman–Crippen LogP) is 8.89. The fraction of sp³-hybridized carbons (Fsp3) is 0.382. The van der Waals surface area contributed by atoms with Crippen LogP contribution < -0.4 is 9.64 Å². The summed E-state index contributed by atoms with van der Waals surface area (Å²) in [5.74, 6) is 1.98. The summed E-state index contributed by atoms with van der Waals surface area (Å²) in [6.07, 6.45) is 5.80. The molecule has 0 amide bonds. The van der Waals surface area contributed by atoms with Gasteiger partial charge in [0.05, 0.1) is 11.7 Å². The maximum Gasteiger partial charge on any atom is 0.224 e. The first kappa shape index (κ1) is 33.1. The Labute approximate surface area is 273 Å². The second kappa shape index (κ2) is 14.5. The fourth-order valence-corrected chi connectivity index (χ4v) is 6.59. The van der Waals surface area contributed by atoms with Crippen molar-refractivity contribution in [1.82, 2.24) is 19.6 Å². The van der Waals surface area contributed by atoms with Crippen LogP contribution in [0.2, 0.25) is 51.4 Å². The molecule has 0 saturated carbocycles. The van der Waals surface area contributed by atoms with Crippen molar-refractivity contribution in [2.24, 2.45) is 0 Å². The van der Waals surface area contributed by atoms with Gasteiger partial charge in [0.2, 0.25) is 5.88 Å². The topological polar surface area (TPSA) is 74.0 Å². The number of aromatic nitrogens is 4. The molecule has 0 fully saturated rings. The fourth-order valence-electron chi connectivity index (χ4n) is 4.67. The van der Waals surface area contributed by atoms with E-state index >= 15 is 0 Å². The summed E-state index contributed by atoms with van der Waals surface area (Å²) < 4.78 is 20.8. The Balaban J connectivity index is 1.54. The number of para-hydroxylation sites is 1. The number of thioether (sulfide) groups is 1. The number of rotatable bonds is 15. The highest BCUT2D eigenvalue weighted by molar-refractivity contribution is 7.98. The molecule has 0 aliphatic carbocycles. The van der Waals surface area contributed by atoms with Crippen molar-refractivity contribution in [2.75, 3.05) is 37.8 Å². The number of anilines is 1. The molecule has 5 aromatic rings. The molecule has 45 heavy (non-hydrogen) atoms. The Bertz CT molecular complexity index is 1700. The molecule has 0 bridgehead atoms. The summed E-state index contributed by atoms with van der Waals surface area (Å²) in [6.45, 7) is 16.3. The van der Waals surface area contributed by atoms with Crippen LogP contribution in [0.4, 0.5) is 5.82 Å². The zero-order valence-electron chi connectivity index (χ0n) is 27.5. The van der Waals surface area contributed by atoms with Crippen LogP contribution in [-0.4, -0.2) is 68.7 Å². The molecule has 0 saturated heterocycles. The second-order valence-electron chi connectivity index (χ2n) is 13.7. The molecule has 0 aliphatic heterocycles. The molecule has 8 nitrogen and oxygen atoms in total. The molecule has 5 rings (SSSR count). The number of hydrogen-bond acceptors (Lipinski definition) is 8. The van der Waals surface area contributed by atoms with E-state index in [1.165, 1.54) is 4.90 Å². The molecule has 0 unspecified atom stereocenters. The monoisotopic (exact) mass is 659 g/mol. The van der Waals surface area contributed by atoms with Crippen molar-refractivity contribution in [2.45, 2.75) is 56.3 Å². The molecule has 3 aromatic heterocycles. The molecule has 2 aromatic carbocycles. The lowest BCUT2D eigenvalue weighted by atomic mass is 10.1. The highest BCUT2D eigenvalue weighted by Crippen LogP contribution is 2.32. The number of nitrogens with zero attached hydrogens (tertiary/aromatic N) is 5. The van der Waals surface area contributed by atoms with E-state index in [4.69, 9.17) is 29.3 Å². The van der Waals surface area contributed by atoms with Crippen LogP contribution in [0.5, 0.6) is 11.6 Å². The minimum absolute atomic E-state index is 0.366. The molecule has 0 N–H and O–H groups in total. The highest BCUT2D eigenvalue weighted by Gasteiger charge is 2.21. The van der Waals surface area contributed by atoms with E-state index in [-0.39, 0.29) is 0 Å². The normalized spacial score (nSPS) is 12.2. The third-order valence-electron chi connectivity index (χ3n) is 7.42. The molecule has 238 valence electrons. The molecule has 0 radical (unpaired) electrons. The summed E-state index contributed by atoms with van der Waals surface area (Å²) in [5.41, 5.74) is 3.43.